The van der Waals surface area contributed by atoms with Crippen molar-refractivity contribution in [3.8, 4) is 17.1 Å². The minimum atomic E-state index is -0.660. The molecular weight excluding hydrogens is 294 g/mol. The zero-order valence-electron chi connectivity index (χ0n) is 12.5. The molecule has 0 spiro atoms. The summed E-state index contributed by atoms with van der Waals surface area (Å²) in [5.41, 5.74) is 7.02. The maximum Gasteiger partial charge on any atom is 0.255 e. The SMILES string of the molecule is Cc1ccc(-c2oc3ccccc3c(=O)c2OCC(N)=O)cc1. The van der Waals surface area contributed by atoms with Crippen LogP contribution in [0.5, 0.6) is 5.75 Å². The van der Waals surface area contributed by atoms with E-state index in [1.165, 1.54) is 0 Å². The van der Waals surface area contributed by atoms with Gasteiger partial charge in [-0.2, -0.15) is 0 Å². The van der Waals surface area contributed by atoms with E-state index in [0.29, 0.717) is 16.5 Å². The molecule has 0 aliphatic carbocycles. The maximum absolute atomic E-state index is 12.7. The smallest absolute Gasteiger partial charge is 0.255 e. The van der Waals surface area contributed by atoms with Crippen LogP contribution in [0.25, 0.3) is 22.3 Å². The molecule has 0 unspecified atom stereocenters. The standard InChI is InChI=1S/C18H15NO4/c1-11-6-8-12(9-7-11)17-18(22-10-15(19)20)16(21)13-4-2-3-5-14(13)23-17/h2-9H,10H2,1H3,(H2,19,20). The van der Waals surface area contributed by atoms with Crippen LogP contribution in [-0.2, 0) is 4.79 Å². The van der Waals surface area contributed by atoms with Gasteiger partial charge in [-0.05, 0) is 19.1 Å². The zero-order valence-corrected chi connectivity index (χ0v) is 12.5. The van der Waals surface area contributed by atoms with Crippen molar-refractivity contribution in [3.63, 3.8) is 0 Å². The summed E-state index contributed by atoms with van der Waals surface area (Å²) < 4.78 is 11.2. The molecule has 0 atom stereocenters. The first kappa shape index (κ1) is 14.8. The fraction of sp³-hybridized carbons (Fsp3) is 0.111. The van der Waals surface area contributed by atoms with Gasteiger partial charge in [-0.15, -0.1) is 0 Å². The molecule has 116 valence electrons. The molecule has 2 aromatic carbocycles. The molecule has 0 radical (unpaired) electrons. The second kappa shape index (κ2) is 5.96. The molecule has 0 fully saturated rings. The summed E-state index contributed by atoms with van der Waals surface area (Å²) in [5.74, 6) is -0.381. The van der Waals surface area contributed by atoms with Gasteiger partial charge in [0, 0.05) is 5.56 Å². The molecule has 0 aliphatic heterocycles. The maximum atomic E-state index is 12.7. The highest BCUT2D eigenvalue weighted by Crippen LogP contribution is 2.30. The quantitative estimate of drug-likeness (QED) is 0.803. The van der Waals surface area contributed by atoms with Gasteiger partial charge in [0.2, 0.25) is 11.2 Å². The summed E-state index contributed by atoms with van der Waals surface area (Å²) >= 11 is 0. The number of para-hydroxylation sites is 1. The number of carbonyl (C=O) groups excluding carboxylic acids is 1. The number of fused-ring (bicyclic) bond motifs is 1. The number of benzene rings is 2. The summed E-state index contributed by atoms with van der Waals surface area (Å²) in [6.45, 7) is 1.58. The Morgan fingerprint density at radius 3 is 2.52 bits per heavy atom. The van der Waals surface area contributed by atoms with Crippen molar-refractivity contribution in [2.24, 2.45) is 5.73 Å². The summed E-state index contributed by atoms with van der Waals surface area (Å²) in [4.78, 5) is 23.7. The van der Waals surface area contributed by atoms with Gasteiger partial charge in [-0.3, -0.25) is 9.59 Å². The number of nitrogens with two attached hydrogens (primary N) is 1. The summed E-state index contributed by atoms with van der Waals surface area (Å²) in [6, 6.07) is 14.4. The van der Waals surface area contributed by atoms with Crippen LogP contribution < -0.4 is 15.9 Å². The molecule has 3 rings (SSSR count). The van der Waals surface area contributed by atoms with Gasteiger partial charge in [0.25, 0.3) is 5.91 Å². The molecule has 23 heavy (non-hydrogen) atoms. The molecule has 2 N–H and O–H groups in total. The highest BCUT2D eigenvalue weighted by atomic mass is 16.5. The Morgan fingerprint density at radius 1 is 1.13 bits per heavy atom. The van der Waals surface area contributed by atoms with Crippen LogP contribution in [0.4, 0.5) is 0 Å². The van der Waals surface area contributed by atoms with Crippen molar-refractivity contribution in [3.05, 3.63) is 64.3 Å². The van der Waals surface area contributed by atoms with Gasteiger partial charge in [-0.25, -0.2) is 0 Å². The van der Waals surface area contributed by atoms with E-state index in [0.717, 1.165) is 5.56 Å². The van der Waals surface area contributed by atoms with Gasteiger partial charge in [0.1, 0.15) is 5.58 Å². The largest absolute Gasteiger partial charge is 0.476 e. The van der Waals surface area contributed by atoms with Crippen LogP contribution in [0.1, 0.15) is 5.56 Å². The third-order valence-electron chi connectivity index (χ3n) is 3.43. The lowest BCUT2D eigenvalue weighted by Crippen LogP contribution is -2.22. The predicted molar refractivity (Wildman–Crippen MR) is 87.3 cm³/mol. The second-order valence-corrected chi connectivity index (χ2v) is 5.21. The lowest BCUT2D eigenvalue weighted by atomic mass is 10.1. The average Bonchev–Trinajstić information content (AvgIpc) is 2.54. The normalized spacial score (nSPS) is 10.7. The molecule has 0 saturated carbocycles. The van der Waals surface area contributed by atoms with E-state index in [1.54, 1.807) is 24.3 Å². The first-order valence-electron chi connectivity index (χ1n) is 7.10. The summed E-state index contributed by atoms with van der Waals surface area (Å²) in [5, 5.41) is 0.392. The van der Waals surface area contributed by atoms with E-state index in [2.05, 4.69) is 0 Å². The Morgan fingerprint density at radius 2 is 1.83 bits per heavy atom. The third-order valence-corrected chi connectivity index (χ3v) is 3.43. The Labute approximate surface area is 132 Å². The van der Waals surface area contributed by atoms with Gasteiger partial charge in [0.15, 0.2) is 12.4 Å². The molecule has 5 nitrogen and oxygen atoms in total. The van der Waals surface area contributed by atoms with Crippen LogP contribution >= 0.6 is 0 Å². The van der Waals surface area contributed by atoms with E-state index in [1.807, 2.05) is 31.2 Å². The number of carbonyl (C=O) groups is 1. The highest BCUT2D eigenvalue weighted by molar-refractivity contribution is 5.82. The van der Waals surface area contributed by atoms with Crippen molar-refractivity contribution >= 4 is 16.9 Å². The van der Waals surface area contributed by atoms with Gasteiger partial charge in [-0.1, -0.05) is 42.0 Å². The highest BCUT2D eigenvalue weighted by Gasteiger charge is 2.18. The summed E-state index contributed by atoms with van der Waals surface area (Å²) in [7, 11) is 0. The number of hydrogen-bond donors (Lipinski definition) is 1. The lowest BCUT2D eigenvalue weighted by molar-refractivity contribution is -0.119. The van der Waals surface area contributed by atoms with Gasteiger partial charge >= 0.3 is 0 Å². The number of amides is 1. The van der Waals surface area contributed by atoms with E-state index in [4.69, 9.17) is 14.9 Å². The third kappa shape index (κ3) is 2.94. The lowest BCUT2D eigenvalue weighted by Gasteiger charge is -2.10. The van der Waals surface area contributed by atoms with E-state index in [-0.39, 0.29) is 23.5 Å². The summed E-state index contributed by atoms with van der Waals surface area (Å²) in [6.07, 6.45) is 0. The molecule has 0 aliphatic rings. The van der Waals surface area contributed by atoms with Crippen LogP contribution in [-0.4, -0.2) is 12.5 Å². The molecule has 0 bridgehead atoms. The van der Waals surface area contributed by atoms with Crippen molar-refractivity contribution in [1.82, 2.24) is 0 Å². The number of aryl methyl sites for hydroxylation is 1. The van der Waals surface area contributed by atoms with Gasteiger partial charge in [0.05, 0.1) is 5.39 Å². The van der Waals surface area contributed by atoms with E-state index < -0.39 is 5.91 Å². The predicted octanol–water partition coefficient (Wildman–Crippen LogP) is 2.63. The molecule has 5 heteroatoms. The molecule has 0 saturated heterocycles. The Bertz CT molecular complexity index is 926. The number of ether oxygens (including phenoxy) is 1. The Balaban J connectivity index is 2.24. The van der Waals surface area contributed by atoms with E-state index >= 15 is 0 Å². The fourth-order valence-corrected chi connectivity index (χ4v) is 2.29. The number of rotatable bonds is 4. The molecule has 1 aromatic heterocycles. The van der Waals surface area contributed by atoms with Crippen LogP contribution in [0, 0.1) is 6.92 Å². The minimum Gasteiger partial charge on any atom is -0.476 e. The average molecular weight is 309 g/mol. The zero-order chi connectivity index (χ0) is 16.4. The monoisotopic (exact) mass is 309 g/mol. The Kier molecular flexibility index (Phi) is 3.85. The fourth-order valence-electron chi connectivity index (χ4n) is 2.29. The molecular formula is C18H15NO4. The first-order valence-corrected chi connectivity index (χ1v) is 7.10. The number of hydrogen-bond acceptors (Lipinski definition) is 4. The van der Waals surface area contributed by atoms with E-state index in [9.17, 15) is 9.59 Å². The Hall–Kier alpha value is -3.08. The van der Waals surface area contributed by atoms with Crippen LogP contribution in [0.2, 0.25) is 0 Å². The van der Waals surface area contributed by atoms with Crippen molar-refractivity contribution in [1.29, 1.82) is 0 Å². The first-order chi connectivity index (χ1) is 11.1. The second-order valence-electron chi connectivity index (χ2n) is 5.21. The molecule has 1 heterocycles. The molecule has 1 amide bonds. The van der Waals surface area contributed by atoms with Crippen LogP contribution in [0.15, 0.2) is 57.7 Å². The van der Waals surface area contributed by atoms with Crippen LogP contribution in [0.3, 0.4) is 0 Å². The minimum absolute atomic E-state index is 0.00801. The van der Waals surface area contributed by atoms with Gasteiger partial charge < -0.3 is 14.9 Å². The van der Waals surface area contributed by atoms with Crippen molar-refractivity contribution in [2.45, 2.75) is 6.92 Å². The topological polar surface area (TPSA) is 82.5 Å². The molecule has 3 aromatic rings. The van der Waals surface area contributed by atoms with Crippen molar-refractivity contribution in [2.75, 3.05) is 6.61 Å². The number of primary amides is 1. The van der Waals surface area contributed by atoms with Crippen molar-refractivity contribution < 1.29 is 13.9 Å².